The molecular weight excluding hydrogens is 264 g/mol. The van der Waals surface area contributed by atoms with E-state index < -0.39 is 0 Å². The number of ether oxygens (including phenoxy) is 1. The first-order chi connectivity index (χ1) is 10.3. The molecular formula is C16H16N4O. The summed E-state index contributed by atoms with van der Waals surface area (Å²) in [7, 11) is 0. The highest BCUT2D eigenvalue weighted by molar-refractivity contribution is 5.79. The molecule has 2 heterocycles. The normalized spacial score (nSPS) is 10.7. The van der Waals surface area contributed by atoms with Crippen LogP contribution in [0, 0.1) is 0 Å². The van der Waals surface area contributed by atoms with Crippen LogP contribution in [0.15, 0.2) is 42.9 Å². The smallest absolute Gasteiger partial charge is 0.227 e. The number of benzene rings is 1. The van der Waals surface area contributed by atoms with Crippen molar-refractivity contribution in [1.82, 2.24) is 15.0 Å². The van der Waals surface area contributed by atoms with Crippen molar-refractivity contribution in [1.29, 1.82) is 0 Å². The van der Waals surface area contributed by atoms with Crippen LogP contribution < -0.4 is 10.5 Å². The maximum absolute atomic E-state index is 5.91. The van der Waals surface area contributed by atoms with Gasteiger partial charge in [-0.2, -0.15) is 0 Å². The summed E-state index contributed by atoms with van der Waals surface area (Å²) < 4.78 is 5.88. The predicted molar refractivity (Wildman–Crippen MR) is 82.3 cm³/mol. The molecule has 0 fully saturated rings. The van der Waals surface area contributed by atoms with Gasteiger partial charge in [-0.25, -0.2) is 9.97 Å². The molecule has 0 bridgehead atoms. The summed E-state index contributed by atoms with van der Waals surface area (Å²) in [5.74, 6) is 1.68. The van der Waals surface area contributed by atoms with Crippen LogP contribution in [-0.4, -0.2) is 15.0 Å². The quantitative estimate of drug-likeness (QED) is 0.793. The fourth-order valence-corrected chi connectivity index (χ4v) is 2.20. The van der Waals surface area contributed by atoms with Crippen molar-refractivity contribution in [3.63, 3.8) is 0 Å². The van der Waals surface area contributed by atoms with Crippen molar-refractivity contribution in [3.05, 3.63) is 48.4 Å². The first-order valence-corrected chi connectivity index (χ1v) is 6.90. The lowest BCUT2D eigenvalue weighted by Gasteiger charge is -2.11. The van der Waals surface area contributed by atoms with E-state index in [4.69, 9.17) is 10.5 Å². The van der Waals surface area contributed by atoms with Gasteiger partial charge < -0.3 is 10.5 Å². The molecule has 5 heteroatoms. The first kappa shape index (κ1) is 13.3. The van der Waals surface area contributed by atoms with Gasteiger partial charge in [0.05, 0.1) is 11.1 Å². The van der Waals surface area contributed by atoms with Crippen molar-refractivity contribution in [3.8, 4) is 11.6 Å². The zero-order valence-corrected chi connectivity index (χ0v) is 11.8. The number of hydrogen-bond acceptors (Lipinski definition) is 5. The molecule has 0 aliphatic rings. The van der Waals surface area contributed by atoms with Gasteiger partial charge in [0.1, 0.15) is 17.9 Å². The number of hydrogen-bond donors (Lipinski definition) is 1. The van der Waals surface area contributed by atoms with Crippen molar-refractivity contribution in [2.45, 2.75) is 19.8 Å². The number of anilines is 1. The van der Waals surface area contributed by atoms with E-state index in [-0.39, 0.29) is 0 Å². The molecule has 0 unspecified atom stereocenters. The van der Waals surface area contributed by atoms with E-state index in [1.165, 1.54) is 6.33 Å². The molecule has 1 aromatic carbocycles. The van der Waals surface area contributed by atoms with Gasteiger partial charge in [0.25, 0.3) is 0 Å². The second-order valence-corrected chi connectivity index (χ2v) is 4.75. The summed E-state index contributed by atoms with van der Waals surface area (Å²) in [5.41, 5.74) is 7.64. The molecule has 106 valence electrons. The molecule has 5 nitrogen and oxygen atoms in total. The minimum atomic E-state index is 0.473. The minimum absolute atomic E-state index is 0.473. The Morgan fingerprint density at radius 3 is 2.90 bits per heavy atom. The van der Waals surface area contributed by atoms with Crippen LogP contribution in [0.25, 0.3) is 10.9 Å². The van der Waals surface area contributed by atoms with Crippen LogP contribution in [0.1, 0.15) is 18.9 Å². The largest absolute Gasteiger partial charge is 0.438 e. The second kappa shape index (κ2) is 5.75. The summed E-state index contributed by atoms with van der Waals surface area (Å²) in [6.45, 7) is 2.08. The van der Waals surface area contributed by atoms with Gasteiger partial charge in [-0.1, -0.05) is 19.4 Å². The maximum atomic E-state index is 5.91. The lowest BCUT2D eigenvalue weighted by atomic mass is 10.2. The Labute approximate surface area is 122 Å². The lowest BCUT2D eigenvalue weighted by molar-refractivity contribution is 0.455. The second-order valence-electron chi connectivity index (χ2n) is 4.75. The number of nitrogens with two attached hydrogens (primary N) is 1. The molecule has 0 saturated heterocycles. The highest BCUT2D eigenvalue weighted by Gasteiger charge is 2.11. The van der Waals surface area contributed by atoms with Crippen LogP contribution >= 0.6 is 0 Å². The van der Waals surface area contributed by atoms with Gasteiger partial charge in [-0.3, -0.25) is 4.98 Å². The number of nitrogen functional groups attached to an aromatic ring is 1. The molecule has 2 aromatic heterocycles. The van der Waals surface area contributed by atoms with E-state index in [9.17, 15) is 0 Å². The maximum Gasteiger partial charge on any atom is 0.227 e. The highest BCUT2D eigenvalue weighted by Crippen LogP contribution is 2.28. The molecule has 21 heavy (non-hydrogen) atoms. The van der Waals surface area contributed by atoms with Crippen LogP contribution in [0.2, 0.25) is 0 Å². The average molecular weight is 280 g/mol. The Hall–Kier alpha value is -2.69. The Bertz CT molecular complexity index is 773. The molecule has 3 rings (SSSR count). The van der Waals surface area contributed by atoms with Gasteiger partial charge in [-0.05, 0) is 24.6 Å². The Balaban J connectivity index is 1.96. The van der Waals surface area contributed by atoms with Gasteiger partial charge in [0.15, 0.2) is 0 Å². The van der Waals surface area contributed by atoms with Crippen LogP contribution in [-0.2, 0) is 6.42 Å². The molecule has 3 aromatic rings. The number of fused-ring (bicyclic) bond motifs is 1. The predicted octanol–water partition coefficient (Wildman–Crippen LogP) is 3.35. The highest BCUT2D eigenvalue weighted by atomic mass is 16.5. The van der Waals surface area contributed by atoms with E-state index in [0.29, 0.717) is 17.4 Å². The summed E-state index contributed by atoms with van der Waals surface area (Å²) in [6.07, 6.45) is 4.92. The minimum Gasteiger partial charge on any atom is -0.438 e. The number of nitrogens with zero attached hydrogens (tertiary/aromatic N) is 3. The Morgan fingerprint density at radius 2 is 2.05 bits per heavy atom. The molecule has 0 radical (unpaired) electrons. The zero-order valence-electron chi connectivity index (χ0n) is 11.8. The third kappa shape index (κ3) is 2.76. The molecule has 0 aliphatic heterocycles. The summed E-state index contributed by atoms with van der Waals surface area (Å²) in [5, 5.41) is 1.07. The van der Waals surface area contributed by atoms with Crippen LogP contribution in [0.5, 0.6) is 11.6 Å². The molecule has 0 amide bonds. The van der Waals surface area contributed by atoms with E-state index in [2.05, 4.69) is 21.9 Å². The van der Waals surface area contributed by atoms with E-state index in [0.717, 1.165) is 29.3 Å². The Kier molecular flexibility index (Phi) is 3.64. The molecule has 0 spiro atoms. The van der Waals surface area contributed by atoms with Crippen molar-refractivity contribution >= 4 is 16.7 Å². The molecule has 2 N–H and O–H groups in total. The lowest BCUT2D eigenvalue weighted by Crippen LogP contribution is -2.02. The van der Waals surface area contributed by atoms with Gasteiger partial charge >= 0.3 is 0 Å². The average Bonchev–Trinajstić information content (AvgIpc) is 2.51. The van der Waals surface area contributed by atoms with Gasteiger partial charge in [0.2, 0.25) is 5.88 Å². The monoisotopic (exact) mass is 280 g/mol. The SMILES string of the molecule is CCCc1c(N)ncnc1Oc1ccc2cccnc2c1. The van der Waals surface area contributed by atoms with E-state index in [1.807, 2.05) is 30.3 Å². The first-order valence-electron chi connectivity index (χ1n) is 6.90. The number of rotatable bonds is 4. The summed E-state index contributed by atoms with van der Waals surface area (Å²) in [6, 6.07) is 9.69. The van der Waals surface area contributed by atoms with Crippen molar-refractivity contribution in [2.75, 3.05) is 5.73 Å². The Morgan fingerprint density at radius 1 is 1.14 bits per heavy atom. The fourth-order valence-electron chi connectivity index (χ4n) is 2.20. The molecule has 0 saturated carbocycles. The standard InChI is InChI=1S/C16H16N4O/c1-2-4-13-15(17)19-10-20-16(13)21-12-7-6-11-5-3-8-18-14(11)9-12/h3,5-10H,2,4H2,1H3,(H2,17,19,20). The van der Waals surface area contributed by atoms with E-state index >= 15 is 0 Å². The van der Waals surface area contributed by atoms with E-state index in [1.54, 1.807) is 6.20 Å². The third-order valence-electron chi connectivity index (χ3n) is 3.23. The summed E-state index contributed by atoms with van der Waals surface area (Å²) >= 11 is 0. The van der Waals surface area contributed by atoms with Crippen LogP contribution in [0.4, 0.5) is 5.82 Å². The number of pyridine rings is 1. The van der Waals surface area contributed by atoms with Gasteiger partial charge in [0, 0.05) is 17.6 Å². The van der Waals surface area contributed by atoms with Crippen molar-refractivity contribution < 1.29 is 4.74 Å². The zero-order chi connectivity index (χ0) is 14.7. The summed E-state index contributed by atoms with van der Waals surface area (Å²) in [4.78, 5) is 12.5. The third-order valence-corrected chi connectivity index (χ3v) is 3.23. The van der Waals surface area contributed by atoms with Gasteiger partial charge in [-0.15, -0.1) is 0 Å². The van der Waals surface area contributed by atoms with Crippen molar-refractivity contribution in [2.24, 2.45) is 0 Å². The molecule has 0 aliphatic carbocycles. The topological polar surface area (TPSA) is 73.9 Å². The fraction of sp³-hybridized carbons (Fsp3) is 0.188. The number of aromatic nitrogens is 3. The van der Waals surface area contributed by atoms with Crippen LogP contribution in [0.3, 0.4) is 0 Å². The molecule has 0 atom stereocenters.